The second-order valence-electron chi connectivity index (χ2n) is 7.61. The van der Waals surface area contributed by atoms with Crippen molar-refractivity contribution in [1.29, 1.82) is 0 Å². The van der Waals surface area contributed by atoms with Gasteiger partial charge in [0.1, 0.15) is 5.75 Å². The van der Waals surface area contributed by atoms with Crippen LogP contribution in [0.5, 0.6) is 5.75 Å². The van der Waals surface area contributed by atoms with Gasteiger partial charge in [0.15, 0.2) is 0 Å². The number of nitrogens with zero attached hydrogens (tertiary/aromatic N) is 1. The molecule has 1 aliphatic heterocycles. The number of hydrogen-bond acceptors (Lipinski definition) is 4. The number of nitrogens with one attached hydrogen (secondary N) is 1. The van der Waals surface area contributed by atoms with Crippen LogP contribution in [-0.2, 0) is 21.2 Å². The van der Waals surface area contributed by atoms with Crippen molar-refractivity contribution < 1.29 is 17.9 Å². The molecule has 2 aromatic carbocycles. The second-order valence-corrected chi connectivity index (χ2v) is 9.99. The zero-order chi connectivity index (χ0) is 22.1. The molecular weight excluding hydrogens is 436 g/mol. The maximum atomic E-state index is 12.8. The Morgan fingerprint density at radius 2 is 1.61 bits per heavy atom. The lowest BCUT2D eigenvalue weighted by molar-refractivity contribution is -0.121. The number of halogens is 1. The highest BCUT2D eigenvalue weighted by atomic mass is 35.5. The third-order valence-corrected chi connectivity index (χ3v) is 7.44. The first-order valence-corrected chi connectivity index (χ1v) is 12.5. The molecule has 2 aromatic rings. The van der Waals surface area contributed by atoms with E-state index in [0.29, 0.717) is 41.7 Å². The van der Waals surface area contributed by atoms with Gasteiger partial charge in [0.05, 0.1) is 17.9 Å². The zero-order valence-corrected chi connectivity index (χ0v) is 19.1. The predicted molar refractivity (Wildman–Crippen MR) is 122 cm³/mol. The Bertz CT molecular complexity index is 939. The minimum Gasteiger partial charge on any atom is -0.493 e. The van der Waals surface area contributed by atoms with E-state index in [-0.39, 0.29) is 18.9 Å². The van der Waals surface area contributed by atoms with Gasteiger partial charge in [-0.15, -0.1) is 0 Å². The highest BCUT2D eigenvalue weighted by Gasteiger charge is 2.24. The number of carbonyl (C=O) groups is 1. The van der Waals surface area contributed by atoms with Gasteiger partial charge in [-0.2, -0.15) is 4.31 Å². The molecule has 1 fully saturated rings. The topological polar surface area (TPSA) is 75.7 Å². The molecule has 0 spiro atoms. The molecule has 31 heavy (non-hydrogen) atoms. The minimum absolute atomic E-state index is 0.0886. The molecule has 1 heterocycles. The molecule has 0 unspecified atom stereocenters. The number of benzene rings is 2. The van der Waals surface area contributed by atoms with Crippen molar-refractivity contribution in [3.05, 3.63) is 59.1 Å². The molecule has 3 rings (SSSR count). The Labute approximate surface area is 189 Å². The van der Waals surface area contributed by atoms with Crippen LogP contribution in [0.15, 0.2) is 53.4 Å². The molecule has 168 valence electrons. The van der Waals surface area contributed by atoms with Crippen molar-refractivity contribution in [2.45, 2.75) is 43.4 Å². The normalized spacial score (nSPS) is 15.3. The number of hydrogen-bond donors (Lipinski definition) is 1. The van der Waals surface area contributed by atoms with Gasteiger partial charge in [-0.1, -0.05) is 36.6 Å². The molecule has 1 saturated heterocycles. The molecular formula is C23H29ClN2O4S. The van der Waals surface area contributed by atoms with Crippen LogP contribution in [0.4, 0.5) is 0 Å². The third-order valence-electron chi connectivity index (χ3n) is 5.27. The van der Waals surface area contributed by atoms with Crippen molar-refractivity contribution >= 4 is 27.5 Å². The van der Waals surface area contributed by atoms with Gasteiger partial charge in [0.2, 0.25) is 15.9 Å². The number of amides is 1. The van der Waals surface area contributed by atoms with Gasteiger partial charge in [-0.05, 0) is 61.2 Å². The predicted octanol–water partition coefficient (Wildman–Crippen LogP) is 4.03. The summed E-state index contributed by atoms with van der Waals surface area (Å²) in [4.78, 5) is 12.3. The molecule has 1 N–H and O–H groups in total. The Balaban J connectivity index is 1.40. The Morgan fingerprint density at radius 1 is 0.968 bits per heavy atom. The Hall–Kier alpha value is -2.09. The monoisotopic (exact) mass is 464 g/mol. The van der Waals surface area contributed by atoms with E-state index < -0.39 is 10.0 Å². The maximum Gasteiger partial charge on any atom is 0.243 e. The lowest BCUT2D eigenvalue weighted by Crippen LogP contribution is -2.31. The minimum atomic E-state index is -3.43. The van der Waals surface area contributed by atoms with Crippen LogP contribution in [0, 0.1) is 0 Å². The van der Waals surface area contributed by atoms with E-state index >= 15 is 0 Å². The molecule has 0 radical (unpaired) electrons. The summed E-state index contributed by atoms with van der Waals surface area (Å²) in [5.74, 6) is 0.585. The van der Waals surface area contributed by atoms with Crippen LogP contribution in [0.2, 0.25) is 5.02 Å². The molecule has 0 aromatic heterocycles. The fourth-order valence-corrected chi connectivity index (χ4v) is 5.13. The number of carbonyl (C=O) groups excluding carboxylic acids is 1. The summed E-state index contributed by atoms with van der Waals surface area (Å²) >= 11 is 5.82. The smallest absolute Gasteiger partial charge is 0.243 e. The van der Waals surface area contributed by atoms with Crippen LogP contribution < -0.4 is 10.1 Å². The summed E-state index contributed by atoms with van der Waals surface area (Å²) in [6, 6.07) is 14.0. The Morgan fingerprint density at radius 3 is 2.26 bits per heavy atom. The fraction of sp³-hybridized carbons (Fsp3) is 0.435. The van der Waals surface area contributed by atoms with E-state index in [9.17, 15) is 13.2 Å². The Kier molecular flexibility index (Phi) is 8.75. The fourth-order valence-electron chi connectivity index (χ4n) is 3.49. The molecule has 0 atom stereocenters. The molecule has 0 saturated carbocycles. The summed E-state index contributed by atoms with van der Waals surface area (Å²) in [7, 11) is -3.43. The zero-order valence-electron chi connectivity index (χ0n) is 17.6. The first kappa shape index (κ1) is 23.6. The van der Waals surface area contributed by atoms with Crippen molar-refractivity contribution in [2.75, 3.05) is 26.2 Å². The van der Waals surface area contributed by atoms with Crippen molar-refractivity contribution in [2.24, 2.45) is 0 Å². The SMILES string of the molecule is O=C(CCOc1ccc(Cl)cc1)NCCc1ccc(S(=O)(=O)N2CCCCCC2)cc1. The third kappa shape index (κ3) is 7.23. The summed E-state index contributed by atoms with van der Waals surface area (Å²) in [6.45, 7) is 1.96. The van der Waals surface area contributed by atoms with Crippen molar-refractivity contribution in [3.8, 4) is 5.75 Å². The van der Waals surface area contributed by atoms with Crippen LogP contribution >= 0.6 is 11.6 Å². The largest absolute Gasteiger partial charge is 0.493 e. The number of ether oxygens (including phenoxy) is 1. The summed E-state index contributed by atoms with van der Waals surface area (Å²) < 4.78 is 32.8. The second kappa shape index (κ2) is 11.5. The average molecular weight is 465 g/mol. The van der Waals surface area contributed by atoms with E-state index in [1.807, 2.05) is 12.1 Å². The van der Waals surface area contributed by atoms with Gasteiger partial charge in [0, 0.05) is 24.7 Å². The van der Waals surface area contributed by atoms with Crippen LogP contribution in [0.3, 0.4) is 0 Å². The van der Waals surface area contributed by atoms with Gasteiger partial charge < -0.3 is 10.1 Å². The van der Waals surface area contributed by atoms with E-state index in [1.165, 1.54) is 0 Å². The number of sulfonamides is 1. The number of rotatable bonds is 9. The van der Waals surface area contributed by atoms with E-state index in [4.69, 9.17) is 16.3 Å². The molecule has 0 bridgehead atoms. The first-order valence-electron chi connectivity index (χ1n) is 10.7. The summed E-state index contributed by atoms with van der Waals surface area (Å²) in [5.41, 5.74) is 0.979. The van der Waals surface area contributed by atoms with Gasteiger partial charge >= 0.3 is 0 Å². The van der Waals surface area contributed by atoms with Gasteiger partial charge in [0.25, 0.3) is 0 Å². The van der Waals surface area contributed by atoms with Crippen LogP contribution in [0.1, 0.15) is 37.7 Å². The lowest BCUT2D eigenvalue weighted by Gasteiger charge is -2.20. The summed E-state index contributed by atoms with van der Waals surface area (Å²) in [6.07, 6.45) is 4.90. The quantitative estimate of drug-likeness (QED) is 0.607. The van der Waals surface area contributed by atoms with Crippen LogP contribution in [0.25, 0.3) is 0 Å². The van der Waals surface area contributed by atoms with Gasteiger partial charge in [-0.25, -0.2) is 8.42 Å². The first-order chi connectivity index (χ1) is 14.9. The van der Waals surface area contributed by atoms with Gasteiger partial charge in [-0.3, -0.25) is 4.79 Å². The highest BCUT2D eigenvalue weighted by molar-refractivity contribution is 7.89. The van der Waals surface area contributed by atoms with E-state index in [1.54, 1.807) is 40.7 Å². The summed E-state index contributed by atoms with van der Waals surface area (Å²) in [5, 5.41) is 3.50. The van der Waals surface area contributed by atoms with Crippen molar-refractivity contribution in [3.63, 3.8) is 0 Å². The van der Waals surface area contributed by atoms with Crippen molar-refractivity contribution in [1.82, 2.24) is 9.62 Å². The average Bonchev–Trinajstić information content (AvgIpc) is 3.06. The molecule has 1 amide bonds. The highest BCUT2D eigenvalue weighted by Crippen LogP contribution is 2.21. The molecule has 8 heteroatoms. The van der Waals surface area contributed by atoms with E-state index in [0.717, 1.165) is 31.2 Å². The lowest BCUT2D eigenvalue weighted by atomic mass is 10.1. The van der Waals surface area contributed by atoms with Crippen LogP contribution in [-0.4, -0.2) is 44.9 Å². The van der Waals surface area contributed by atoms with E-state index in [2.05, 4.69) is 5.32 Å². The molecule has 6 nitrogen and oxygen atoms in total. The standard InChI is InChI=1S/C23H29ClN2O4S/c24-20-7-9-21(10-8-20)30-18-14-23(27)25-15-13-19-5-11-22(12-6-19)31(28,29)26-16-3-1-2-4-17-26/h5-12H,1-4,13-18H2,(H,25,27). The molecule has 1 aliphatic rings. The molecule has 0 aliphatic carbocycles. The maximum absolute atomic E-state index is 12.8.